The van der Waals surface area contributed by atoms with Crippen molar-refractivity contribution in [1.29, 1.82) is 0 Å². The van der Waals surface area contributed by atoms with Gasteiger partial charge in [-0.25, -0.2) is 9.78 Å². The lowest BCUT2D eigenvalue weighted by Gasteiger charge is -2.10. The van der Waals surface area contributed by atoms with E-state index in [1.54, 1.807) is 30.3 Å². The number of aromatic carboxylic acids is 1. The van der Waals surface area contributed by atoms with Crippen molar-refractivity contribution in [1.82, 2.24) is 24.9 Å². The summed E-state index contributed by atoms with van der Waals surface area (Å²) in [5, 5.41) is 23.8. The van der Waals surface area contributed by atoms with Crippen molar-refractivity contribution < 1.29 is 14.7 Å². The van der Waals surface area contributed by atoms with E-state index >= 15 is 0 Å². The van der Waals surface area contributed by atoms with Gasteiger partial charge in [-0.2, -0.15) is 0 Å². The van der Waals surface area contributed by atoms with Crippen LogP contribution in [0.3, 0.4) is 0 Å². The molecule has 2 aromatic carbocycles. The van der Waals surface area contributed by atoms with Crippen molar-refractivity contribution in [3.63, 3.8) is 0 Å². The fraction of sp³-hybridized carbons (Fsp3) is 0.227. The molecule has 158 valence electrons. The Balaban J connectivity index is 1.41. The van der Waals surface area contributed by atoms with Crippen molar-refractivity contribution in [2.75, 3.05) is 18.4 Å². The number of hydrogen-bond donors (Lipinski definition) is 3. The van der Waals surface area contributed by atoms with Gasteiger partial charge in [-0.05, 0) is 50.1 Å². The zero-order valence-corrected chi connectivity index (χ0v) is 17.0. The molecule has 4 rings (SSSR count). The minimum absolute atomic E-state index is 0.0837. The Morgan fingerprint density at radius 1 is 1.00 bits per heavy atom. The van der Waals surface area contributed by atoms with Crippen LogP contribution in [0.1, 0.15) is 39.4 Å². The molecule has 0 aliphatic rings. The van der Waals surface area contributed by atoms with Gasteiger partial charge in [0.1, 0.15) is 5.82 Å². The van der Waals surface area contributed by atoms with Crippen molar-refractivity contribution in [2.45, 2.75) is 19.8 Å². The molecule has 0 aliphatic carbocycles. The maximum Gasteiger partial charge on any atom is 0.335 e. The molecule has 1 amide bonds. The topological polar surface area (TPSA) is 122 Å². The average Bonchev–Trinajstić information content (AvgIpc) is 3.18. The molecule has 0 aliphatic heterocycles. The highest BCUT2D eigenvalue weighted by Crippen LogP contribution is 2.22. The third kappa shape index (κ3) is 4.30. The van der Waals surface area contributed by atoms with Gasteiger partial charge in [0.2, 0.25) is 5.65 Å². The summed E-state index contributed by atoms with van der Waals surface area (Å²) in [6, 6.07) is 13.9. The van der Waals surface area contributed by atoms with Gasteiger partial charge in [-0.3, -0.25) is 9.20 Å². The molecule has 4 aromatic rings. The van der Waals surface area contributed by atoms with Crippen LogP contribution in [-0.2, 0) is 0 Å². The number of aromatic nitrogens is 4. The summed E-state index contributed by atoms with van der Waals surface area (Å²) in [4.78, 5) is 27.9. The molecule has 2 aromatic heterocycles. The first-order valence-corrected chi connectivity index (χ1v) is 10.0. The van der Waals surface area contributed by atoms with Gasteiger partial charge >= 0.3 is 5.97 Å². The maximum absolute atomic E-state index is 12.1. The summed E-state index contributed by atoms with van der Waals surface area (Å²) in [7, 11) is 0. The van der Waals surface area contributed by atoms with Crippen LogP contribution >= 0.6 is 0 Å². The second-order valence-electron chi connectivity index (χ2n) is 7.13. The number of aryl methyl sites for hydroxylation is 1. The van der Waals surface area contributed by atoms with Crippen molar-refractivity contribution in [2.24, 2.45) is 0 Å². The maximum atomic E-state index is 12.1. The number of amides is 1. The van der Waals surface area contributed by atoms with E-state index in [9.17, 15) is 14.7 Å². The van der Waals surface area contributed by atoms with Crippen molar-refractivity contribution in [3.8, 4) is 0 Å². The first-order valence-electron chi connectivity index (χ1n) is 10.0. The minimum Gasteiger partial charge on any atom is -0.478 e. The van der Waals surface area contributed by atoms with Crippen LogP contribution in [0.15, 0.2) is 48.5 Å². The molecule has 0 saturated heterocycles. The van der Waals surface area contributed by atoms with Gasteiger partial charge in [0.05, 0.1) is 16.6 Å². The van der Waals surface area contributed by atoms with Crippen molar-refractivity contribution in [3.05, 3.63) is 65.5 Å². The molecule has 0 atom stereocenters. The second-order valence-corrected chi connectivity index (χ2v) is 7.13. The normalized spacial score (nSPS) is 11.0. The van der Waals surface area contributed by atoms with Gasteiger partial charge in [-0.1, -0.05) is 18.2 Å². The third-order valence-electron chi connectivity index (χ3n) is 4.95. The van der Waals surface area contributed by atoms with Gasteiger partial charge in [-0.15, -0.1) is 10.2 Å². The summed E-state index contributed by atoms with van der Waals surface area (Å²) in [6.07, 6.45) is 1.60. The summed E-state index contributed by atoms with van der Waals surface area (Å²) >= 11 is 0. The molecule has 0 fully saturated rings. The molecule has 31 heavy (non-hydrogen) atoms. The van der Waals surface area contributed by atoms with Crippen LogP contribution in [0.5, 0.6) is 0 Å². The van der Waals surface area contributed by atoms with Crippen molar-refractivity contribution >= 4 is 34.4 Å². The highest BCUT2D eigenvalue weighted by molar-refractivity contribution is 5.94. The number of rotatable bonds is 8. The number of carbonyl (C=O) groups excluding carboxylic acids is 1. The first kappa shape index (κ1) is 20.3. The highest BCUT2D eigenvalue weighted by Gasteiger charge is 2.14. The summed E-state index contributed by atoms with van der Waals surface area (Å²) in [5.41, 5.74) is 2.70. The number of anilines is 1. The number of carbonyl (C=O) groups is 2. The molecule has 9 nitrogen and oxygen atoms in total. The van der Waals surface area contributed by atoms with Crippen LogP contribution < -0.4 is 10.6 Å². The van der Waals surface area contributed by atoms with Gasteiger partial charge in [0.15, 0.2) is 5.82 Å². The number of carboxylic acids is 1. The van der Waals surface area contributed by atoms with Crippen LogP contribution in [-0.4, -0.2) is 49.7 Å². The van der Waals surface area contributed by atoms with Crippen LogP contribution in [0.2, 0.25) is 0 Å². The Morgan fingerprint density at radius 3 is 2.55 bits per heavy atom. The lowest BCUT2D eigenvalue weighted by atomic mass is 10.2. The van der Waals surface area contributed by atoms with E-state index in [1.165, 1.54) is 0 Å². The second kappa shape index (κ2) is 8.78. The number of nitrogens with zero attached hydrogens (tertiary/aromatic N) is 4. The fourth-order valence-electron chi connectivity index (χ4n) is 3.38. The van der Waals surface area contributed by atoms with E-state index in [1.807, 2.05) is 29.5 Å². The van der Waals surface area contributed by atoms with E-state index in [0.717, 1.165) is 18.4 Å². The molecular weight excluding hydrogens is 396 g/mol. The molecule has 0 bridgehead atoms. The quantitative estimate of drug-likeness (QED) is 0.376. The van der Waals surface area contributed by atoms with E-state index < -0.39 is 5.97 Å². The number of carboxylic acid groups (broad SMARTS) is 1. The predicted octanol–water partition coefficient (Wildman–Crippen LogP) is 2.91. The smallest absolute Gasteiger partial charge is 0.335 e. The molecule has 0 unspecified atom stereocenters. The Morgan fingerprint density at radius 2 is 1.77 bits per heavy atom. The SMILES string of the molecule is Cc1nnc2c(NCCCCNC(=O)c3ccccc3)nc3cc(C(=O)O)ccc3n12. The molecular formula is C22H22N6O3. The van der Waals surface area contributed by atoms with E-state index in [0.29, 0.717) is 41.5 Å². The molecule has 3 N–H and O–H groups in total. The van der Waals surface area contributed by atoms with E-state index in [4.69, 9.17) is 0 Å². The molecule has 2 heterocycles. The third-order valence-corrected chi connectivity index (χ3v) is 4.95. The molecule has 0 radical (unpaired) electrons. The largest absolute Gasteiger partial charge is 0.478 e. The summed E-state index contributed by atoms with van der Waals surface area (Å²) in [6.45, 7) is 3.03. The number of hydrogen-bond acceptors (Lipinski definition) is 6. The Bertz CT molecular complexity index is 1250. The molecule has 0 saturated carbocycles. The van der Waals surface area contributed by atoms with Crippen LogP contribution in [0.4, 0.5) is 5.82 Å². The number of nitrogens with one attached hydrogen (secondary N) is 2. The minimum atomic E-state index is -1.00. The summed E-state index contributed by atoms with van der Waals surface area (Å²) in [5.74, 6) is 0.150. The van der Waals surface area contributed by atoms with Crippen LogP contribution in [0.25, 0.3) is 16.7 Å². The predicted molar refractivity (Wildman–Crippen MR) is 116 cm³/mol. The van der Waals surface area contributed by atoms with E-state index in [-0.39, 0.29) is 11.5 Å². The van der Waals surface area contributed by atoms with Crippen LogP contribution in [0, 0.1) is 6.92 Å². The Kier molecular flexibility index (Phi) is 5.74. The monoisotopic (exact) mass is 418 g/mol. The lowest BCUT2D eigenvalue weighted by Crippen LogP contribution is -2.24. The number of fused-ring (bicyclic) bond motifs is 3. The lowest BCUT2D eigenvalue weighted by molar-refractivity contribution is 0.0696. The Labute approximate surface area is 178 Å². The zero-order chi connectivity index (χ0) is 21.8. The average molecular weight is 418 g/mol. The van der Waals surface area contributed by atoms with E-state index in [2.05, 4.69) is 25.8 Å². The standard InChI is InChI=1S/C22H22N6O3/c1-14-26-27-20-19(25-17-13-16(22(30)31)9-10-18(17)28(14)20)23-11-5-6-12-24-21(29)15-7-3-2-4-8-15/h2-4,7-10,13H,5-6,11-12H2,1H3,(H,23,25)(H,24,29)(H,30,31). The van der Waals surface area contributed by atoms with Gasteiger partial charge in [0, 0.05) is 18.7 Å². The zero-order valence-electron chi connectivity index (χ0n) is 17.0. The first-order chi connectivity index (χ1) is 15.0. The Hall–Kier alpha value is -4.01. The van der Waals surface area contributed by atoms with Gasteiger partial charge in [0.25, 0.3) is 5.91 Å². The molecule has 9 heteroatoms. The summed E-state index contributed by atoms with van der Waals surface area (Å²) < 4.78 is 1.86. The van der Waals surface area contributed by atoms with Gasteiger partial charge < -0.3 is 15.7 Å². The highest BCUT2D eigenvalue weighted by atomic mass is 16.4. The molecule has 0 spiro atoms. The number of unbranched alkanes of at least 4 members (excludes halogenated alkanes) is 1. The number of benzene rings is 2. The fourth-order valence-corrected chi connectivity index (χ4v) is 3.38.